The third-order valence-electron chi connectivity index (χ3n) is 3.50. The molecular formula is C16H13Cl2NO3. The molecule has 1 N–H and O–H groups in total. The molecule has 0 spiro atoms. The molecule has 0 amide bonds. The van der Waals surface area contributed by atoms with Gasteiger partial charge in [-0.15, -0.1) is 0 Å². The lowest BCUT2D eigenvalue weighted by Gasteiger charge is -2.32. The van der Waals surface area contributed by atoms with Crippen molar-refractivity contribution in [3.63, 3.8) is 0 Å². The van der Waals surface area contributed by atoms with Crippen LogP contribution < -0.4 is 9.64 Å². The molecule has 2 aromatic rings. The smallest absolute Gasteiger partial charge is 0.339 e. The second-order valence-corrected chi connectivity index (χ2v) is 5.88. The number of carbonyl (C=O) groups is 1. The lowest BCUT2D eigenvalue weighted by Crippen LogP contribution is -2.33. The molecule has 6 heteroatoms. The summed E-state index contributed by atoms with van der Waals surface area (Å²) in [7, 11) is 0. The number of hydrogen-bond donors (Lipinski definition) is 1. The quantitative estimate of drug-likeness (QED) is 0.916. The molecule has 0 saturated heterocycles. The monoisotopic (exact) mass is 337 g/mol. The zero-order valence-corrected chi connectivity index (χ0v) is 13.1. The summed E-state index contributed by atoms with van der Waals surface area (Å²) in [6.45, 7) is 1.73. The zero-order valence-electron chi connectivity index (χ0n) is 11.6. The van der Waals surface area contributed by atoms with Crippen molar-refractivity contribution in [2.75, 3.05) is 18.1 Å². The van der Waals surface area contributed by atoms with Crippen molar-refractivity contribution in [1.82, 2.24) is 0 Å². The van der Waals surface area contributed by atoms with Gasteiger partial charge in [-0.25, -0.2) is 4.79 Å². The second kappa shape index (κ2) is 6.07. The first kappa shape index (κ1) is 15.0. The number of benzene rings is 2. The number of aromatic carboxylic acids is 1. The predicted molar refractivity (Wildman–Crippen MR) is 86.4 cm³/mol. The summed E-state index contributed by atoms with van der Waals surface area (Å²) >= 11 is 11.9. The van der Waals surface area contributed by atoms with Crippen LogP contribution >= 0.6 is 23.2 Å². The van der Waals surface area contributed by atoms with E-state index in [0.29, 0.717) is 41.2 Å². The molecule has 0 atom stereocenters. The van der Waals surface area contributed by atoms with Crippen LogP contribution in [0.25, 0.3) is 0 Å². The van der Waals surface area contributed by atoms with Gasteiger partial charge in [0.05, 0.1) is 12.2 Å². The summed E-state index contributed by atoms with van der Waals surface area (Å²) in [6.07, 6.45) is 0. The van der Waals surface area contributed by atoms with Crippen LogP contribution in [-0.4, -0.2) is 24.2 Å². The number of rotatable bonds is 3. The number of halogens is 2. The number of fused-ring (bicyclic) bond motifs is 1. The van der Waals surface area contributed by atoms with Gasteiger partial charge in [0, 0.05) is 16.6 Å². The molecule has 22 heavy (non-hydrogen) atoms. The molecule has 3 rings (SSSR count). The molecule has 1 aliphatic rings. The van der Waals surface area contributed by atoms with Crippen LogP contribution in [-0.2, 0) is 6.54 Å². The van der Waals surface area contributed by atoms with Crippen molar-refractivity contribution in [3.8, 4) is 5.75 Å². The first-order valence-electron chi connectivity index (χ1n) is 6.73. The van der Waals surface area contributed by atoms with Gasteiger partial charge in [0.25, 0.3) is 0 Å². The molecule has 0 unspecified atom stereocenters. The van der Waals surface area contributed by atoms with Gasteiger partial charge < -0.3 is 14.7 Å². The van der Waals surface area contributed by atoms with E-state index < -0.39 is 5.97 Å². The number of nitrogens with zero attached hydrogens (tertiary/aromatic N) is 1. The van der Waals surface area contributed by atoms with Crippen molar-refractivity contribution in [1.29, 1.82) is 0 Å². The van der Waals surface area contributed by atoms with E-state index in [-0.39, 0.29) is 5.56 Å². The van der Waals surface area contributed by atoms with Gasteiger partial charge in [0.1, 0.15) is 12.2 Å². The zero-order chi connectivity index (χ0) is 15.7. The number of carboxylic acid groups (broad SMARTS) is 1. The highest BCUT2D eigenvalue weighted by Gasteiger charge is 2.25. The van der Waals surface area contributed by atoms with E-state index in [1.165, 1.54) is 6.07 Å². The fourth-order valence-electron chi connectivity index (χ4n) is 2.48. The Morgan fingerprint density at radius 2 is 1.91 bits per heavy atom. The Balaban J connectivity index is 1.97. The topological polar surface area (TPSA) is 49.8 Å². The number of ether oxygens (including phenoxy) is 1. The summed E-state index contributed by atoms with van der Waals surface area (Å²) in [6, 6.07) is 10.7. The maximum atomic E-state index is 11.4. The van der Waals surface area contributed by atoms with Crippen LogP contribution in [0, 0.1) is 0 Å². The molecule has 114 valence electrons. The molecule has 0 fully saturated rings. The summed E-state index contributed by atoms with van der Waals surface area (Å²) in [5, 5.41) is 10.4. The SMILES string of the molecule is O=C(O)c1cc(Cl)cc2c1OCCN2Cc1ccc(Cl)cc1. The van der Waals surface area contributed by atoms with Crippen molar-refractivity contribution in [2.24, 2.45) is 0 Å². The van der Waals surface area contributed by atoms with E-state index in [4.69, 9.17) is 27.9 Å². The average molecular weight is 338 g/mol. The van der Waals surface area contributed by atoms with Crippen LogP contribution in [0.15, 0.2) is 36.4 Å². The Morgan fingerprint density at radius 3 is 2.59 bits per heavy atom. The maximum Gasteiger partial charge on any atom is 0.339 e. The molecule has 0 bridgehead atoms. The summed E-state index contributed by atoms with van der Waals surface area (Å²) in [5.74, 6) is -0.677. The molecule has 4 nitrogen and oxygen atoms in total. The summed E-state index contributed by atoms with van der Waals surface area (Å²) < 4.78 is 5.56. The number of hydrogen-bond acceptors (Lipinski definition) is 3. The Morgan fingerprint density at radius 1 is 1.18 bits per heavy atom. The summed E-state index contributed by atoms with van der Waals surface area (Å²) in [4.78, 5) is 13.4. The van der Waals surface area contributed by atoms with E-state index in [1.807, 2.05) is 24.3 Å². The minimum absolute atomic E-state index is 0.0864. The Kier molecular flexibility index (Phi) is 4.14. The van der Waals surface area contributed by atoms with Crippen molar-refractivity contribution >= 4 is 34.9 Å². The minimum Gasteiger partial charge on any atom is -0.489 e. The van der Waals surface area contributed by atoms with Gasteiger partial charge in [-0.1, -0.05) is 35.3 Å². The van der Waals surface area contributed by atoms with Crippen molar-refractivity contribution < 1.29 is 14.6 Å². The van der Waals surface area contributed by atoms with Gasteiger partial charge >= 0.3 is 5.97 Å². The van der Waals surface area contributed by atoms with Gasteiger partial charge in [0.2, 0.25) is 0 Å². The molecule has 0 radical (unpaired) electrons. The maximum absolute atomic E-state index is 11.4. The lowest BCUT2D eigenvalue weighted by molar-refractivity contribution is 0.0692. The summed E-state index contributed by atoms with van der Waals surface area (Å²) in [5.41, 5.74) is 1.86. The molecule has 1 heterocycles. The fraction of sp³-hybridized carbons (Fsp3) is 0.188. The predicted octanol–water partition coefficient (Wildman–Crippen LogP) is 4.09. The Bertz CT molecular complexity index is 716. The highest BCUT2D eigenvalue weighted by molar-refractivity contribution is 6.31. The van der Waals surface area contributed by atoms with E-state index in [0.717, 1.165) is 5.56 Å². The van der Waals surface area contributed by atoms with Gasteiger partial charge in [0.15, 0.2) is 5.75 Å². The lowest BCUT2D eigenvalue weighted by atomic mass is 10.1. The number of anilines is 1. The average Bonchev–Trinajstić information content (AvgIpc) is 2.49. The van der Waals surface area contributed by atoms with E-state index in [2.05, 4.69) is 4.90 Å². The molecule has 2 aromatic carbocycles. The van der Waals surface area contributed by atoms with Crippen LogP contribution in [0.4, 0.5) is 5.69 Å². The largest absolute Gasteiger partial charge is 0.489 e. The van der Waals surface area contributed by atoms with E-state index >= 15 is 0 Å². The first-order valence-corrected chi connectivity index (χ1v) is 7.49. The standard InChI is InChI=1S/C16H13Cl2NO3/c17-11-3-1-10(2-4-11)9-19-5-6-22-15-13(16(20)21)7-12(18)8-14(15)19/h1-4,7-8H,5-6,9H2,(H,20,21). The minimum atomic E-state index is -1.05. The fourth-order valence-corrected chi connectivity index (χ4v) is 2.82. The molecular weight excluding hydrogens is 325 g/mol. The van der Waals surface area contributed by atoms with E-state index in [9.17, 15) is 9.90 Å². The van der Waals surface area contributed by atoms with Crippen LogP contribution in [0.1, 0.15) is 15.9 Å². The molecule has 0 aromatic heterocycles. The van der Waals surface area contributed by atoms with Crippen molar-refractivity contribution in [3.05, 3.63) is 57.6 Å². The molecule has 0 aliphatic carbocycles. The third-order valence-corrected chi connectivity index (χ3v) is 3.97. The molecule has 1 aliphatic heterocycles. The third kappa shape index (κ3) is 2.98. The molecule has 0 saturated carbocycles. The van der Waals surface area contributed by atoms with Gasteiger partial charge in [-0.3, -0.25) is 0 Å². The Labute approximate surface area is 137 Å². The van der Waals surface area contributed by atoms with Crippen LogP contribution in [0.5, 0.6) is 5.75 Å². The van der Waals surface area contributed by atoms with Gasteiger partial charge in [-0.05, 0) is 29.8 Å². The highest BCUT2D eigenvalue weighted by Crippen LogP contribution is 2.38. The van der Waals surface area contributed by atoms with Crippen LogP contribution in [0.3, 0.4) is 0 Å². The van der Waals surface area contributed by atoms with Gasteiger partial charge in [-0.2, -0.15) is 0 Å². The second-order valence-electron chi connectivity index (χ2n) is 5.00. The Hall–Kier alpha value is -1.91. The first-order chi connectivity index (χ1) is 10.5. The number of carboxylic acids is 1. The normalized spacial score (nSPS) is 13.5. The van der Waals surface area contributed by atoms with E-state index in [1.54, 1.807) is 6.07 Å². The highest BCUT2D eigenvalue weighted by atomic mass is 35.5. The van der Waals surface area contributed by atoms with Crippen molar-refractivity contribution in [2.45, 2.75) is 6.54 Å². The van der Waals surface area contributed by atoms with Crippen LogP contribution in [0.2, 0.25) is 10.0 Å².